The van der Waals surface area contributed by atoms with Gasteiger partial charge in [0.25, 0.3) is 0 Å². The van der Waals surface area contributed by atoms with Crippen molar-refractivity contribution in [2.24, 2.45) is 0 Å². The molecule has 3 aromatic rings. The van der Waals surface area contributed by atoms with E-state index in [1.807, 2.05) is 24.0 Å². The highest BCUT2D eigenvalue weighted by atomic mass is 19.4. The quantitative estimate of drug-likeness (QED) is 0.728. The molecule has 1 saturated heterocycles. The van der Waals surface area contributed by atoms with Crippen LogP contribution in [-0.2, 0) is 6.18 Å². The van der Waals surface area contributed by atoms with Gasteiger partial charge in [-0.25, -0.2) is 4.98 Å². The summed E-state index contributed by atoms with van der Waals surface area (Å²) in [6.07, 6.45) is -1.89. The maximum atomic E-state index is 12.7. The number of pyridine rings is 1. The van der Waals surface area contributed by atoms with Crippen molar-refractivity contribution in [3.63, 3.8) is 0 Å². The SMILES string of the molecule is Cc1cc(N2CC(Oc3ccnc(C(F)(F)F)c3)C2)n2nccc2n1. The van der Waals surface area contributed by atoms with Crippen LogP contribution in [0.2, 0.25) is 0 Å². The Morgan fingerprint density at radius 2 is 1.96 bits per heavy atom. The lowest BCUT2D eigenvalue weighted by atomic mass is 10.1. The standard InChI is InChI=1S/C16H14F3N5O/c1-10-6-15(24-14(22-10)3-5-21-24)23-8-12(9-23)25-11-2-4-20-13(7-11)16(17,18)19/h2-7,12H,8-9H2,1H3. The smallest absolute Gasteiger partial charge is 0.433 e. The van der Waals surface area contributed by atoms with Crippen LogP contribution >= 0.6 is 0 Å². The van der Waals surface area contributed by atoms with Crippen LogP contribution in [0.5, 0.6) is 5.75 Å². The molecule has 9 heteroatoms. The number of aromatic nitrogens is 4. The Morgan fingerprint density at radius 3 is 2.72 bits per heavy atom. The van der Waals surface area contributed by atoms with Crippen molar-refractivity contribution in [1.29, 1.82) is 0 Å². The molecule has 4 heterocycles. The lowest BCUT2D eigenvalue weighted by Gasteiger charge is -2.40. The summed E-state index contributed by atoms with van der Waals surface area (Å²) in [7, 11) is 0. The van der Waals surface area contributed by atoms with Crippen molar-refractivity contribution in [2.45, 2.75) is 19.2 Å². The molecule has 0 atom stereocenters. The number of alkyl halides is 3. The van der Waals surface area contributed by atoms with E-state index in [-0.39, 0.29) is 11.9 Å². The number of nitrogens with zero attached hydrogens (tertiary/aromatic N) is 5. The topological polar surface area (TPSA) is 55.5 Å². The molecule has 0 aromatic carbocycles. The van der Waals surface area contributed by atoms with E-state index in [2.05, 4.69) is 15.1 Å². The number of fused-ring (bicyclic) bond motifs is 1. The third-order valence-corrected chi connectivity index (χ3v) is 3.97. The summed E-state index contributed by atoms with van der Waals surface area (Å²) in [6.45, 7) is 3.02. The van der Waals surface area contributed by atoms with Gasteiger partial charge in [-0.05, 0) is 13.0 Å². The zero-order valence-corrected chi connectivity index (χ0v) is 13.2. The molecule has 0 N–H and O–H groups in total. The van der Waals surface area contributed by atoms with Gasteiger partial charge in [-0.1, -0.05) is 0 Å². The molecule has 130 valence electrons. The fraction of sp³-hybridized carbons (Fsp3) is 0.312. The zero-order chi connectivity index (χ0) is 17.6. The average Bonchev–Trinajstić information content (AvgIpc) is 2.97. The van der Waals surface area contributed by atoms with Gasteiger partial charge in [-0.2, -0.15) is 22.8 Å². The minimum atomic E-state index is -4.48. The van der Waals surface area contributed by atoms with Crippen molar-refractivity contribution < 1.29 is 17.9 Å². The molecule has 4 rings (SSSR count). The van der Waals surface area contributed by atoms with Crippen molar-refractivity contribution in [3.05, 3.63) is 48.0 Å². The predicted octanol–water partition coefficient (Wildman–Crippen LogP) is 2.72. The van der Waals surface area contributed by atoms with Crippen LogP contribution in [0.4, 0.5) is 19.0 Å². The third kappa shape index (κ3) is 2.97. The summed E-state index contributed by atoms with van der Waals surface area (Å²) < 4.78 is 45.5. The normalized spacial score (nSPS) is 15.4. The first-order valence-electron chi connectivity index (χ1n) is 7.66. The van der Waals surface area contributed by atoms with E-state index in [1.165, 1.54) is 6.07 Å². The van der Waals surface area contributed by atoms with Crippen molar-refractivity contribution in [2.75, 3.05) is 18.0 Å². The molecule has 0 bridgehead atoms. The van der Waals surface area contributed by atoms with Gasteiger partial charge in [0.05, 0.1) is 19.3 Å². The molecule has 1 fully saturated rings. The van der Waals surface area contributed by atoms with Gasteiger partial charge in [0.1, 0.15) is 23.4 Å². The van der Waals surface area contributed by atoms with Crippen LogP contribution in [0.1, 0.15) is 11.4 Å². The van der Waals surface area contributed by atoms with Gasteiger partial charge in [0, 0.05) is 30.1 Å². The first kappa shape index (κ1) is 15.7. The summed E-state index contributed by atoms with van der Waals surface area (Å²) in [6, 6.07) is 6.09. The summed E-state index contributed by atoms with van der Waals surface area (Å²) in [5, 5.41) is 4.25. The van der Waals surface area contributed by atoms with Gasteiger partial charge < -0.3 is 9.64 Å². The van der Waals surface area contributed by atoms with Gasteiger partial charge >= 0.3 is 6.18 Å². The van der Waals surface area contributed by atoms with Crippen molar-refractivity contribution in [3.8, 4) is 5.75 Å². The molecule has 0 radical (unpaired) electrons. The highest BCUT2D eigenvalue weighted by molar-refractivity contribution is 5.52. The predicted molar refractivity (Wildman–Crippen MR) is 83.6 cm³/mol. The number of ether oxygens (including phenoxy) is 1. The number of rotatable bonds is 3. The molecule has 0 unspecified atom stereocenters. The van der Waals surface area contributed by atoms with Gasteiger partial charge in [0.15, 0.2) is 5.65 Å². The Labute approximate surface area is 140 Å². The molecule has 25 heavy (non-hydrogen) atoms. The minimum Gasteiger partial charge on any atom is -0.487 e. The lowest BCUT2D eigenvalue weighted by Crippen LogP contribution is -2.54. The van der Waals surface area contributed by atoms with Crippen LogP contribution in [0.3, 0.4) is 0 Å². The first-order valence-corrected chi connectivity index (χ1v) is 7.66. The molecule has 6 nitrogen and oxygen atoms in total. The summed E-state index contributed by atoms with van der Waals surface area (Å²) in [5.74, 6) is 1.06. The summed E-state index contributed by atoms with van der Waals surface area (Å²) in [4.78, 5) is 9.76. The summed E-state index contributed by atoms with van der Waals surface area (Å²) in [5.41, 5.74) is 0.670. The highest BCUT2D eigenvalue weighted by Crippen LogP contribution is 2.31. The molecule has 0 aliphatic carbocycles. The first-order chi connectivity index (χ1) is 11.9. The number of anilines is 1. The Balaban J connectivity index is 1.46. The number of halogens is 3. The van der Waals surface area contributed by atoms with Crippen LogP contribution < -0.4 is 9.64 Å². The number of hydrogen-bond donors (Lipinski definition) is 0. The van der Waals surface area contributed by atoms with E-state index >= 15 is 0 Å². The Kier molecular flexibility index (Phi) is 3.52. The molecule has 3 aromatic heterocycles. The van der Waals surface area contributed by atoms with E-state index < -0.39 is 11.9 Å². The fourth-order valence-electron chi connectivity index (χ4n) is 2.78. The van der Waals surface area contributed by atoms with Crippen LogP contribution in [0.25, 0.3) is 5.65 Å². The van der Waals surface area contributed by atoms with Crippen LogP contribution in [-0.4, -0.2) is 38.8 Å². The molecular weight excluding hydrogens is 335 g/mol. The number of hydrogen-bond acceptors (Lipinski definition) is 5. The largest absolute Gasteiger partial charge is 0.487 e. The van der Waals surface area contributed by atoms with E-state index in [0.717, 1.165) is 29.4 Å². The molecule has 0 spiro atoms. The second kappa shape index (κ2) is 5.61. The molecular formula is C16H14F3N5O. The van der Waals surface area contributed by atoms with E-state index in [1.54, 1.807) is 10.7 Å². The Morgan fingerprint density at radius 1 is 1.16 bits per heavy atom. The van der Waals surface area contributed by atoms with E-state index in [0.29, 0.717) is 13.1 Å². The fourth-order valence-corrected chi connectivity index (χ4v) is 2.78. The molecule has 0 saturated carbocycles. The molecule has 1 aliphatic rings. The maximum Gasteiger partial charge on any atom is 0.433 e. The highest BCUT2D eigenvalue weighted by Gasteiger charge is 2.34. The van der Waals surface area contributed by atoms with Crippen LogP contribution in [0.15, 0.2) is 36.7 Å². The lowest BCUT2D eigenvalue weighted by molar-refractivity contribution is -0.141. The minimum absolute atomic E-state index is 0.169. The second-order valence-electron chi connectivity index (χ2n) is 5.88. The van der Waals surface area contributed by atoms with Gasteiger partial charge in [-0.3, -0.25) is 4.98 Å². The zero-order valence-electron chi connectivity index (χ0n) is 13.2. The average molecular weight is 349 g/mol. The monoisotopic (exact) mass is 349 g/mol. The third-order valence-electron chi connectivity index (χ3n) is 3.97. The number of aryl methyl sites for hydroxylation is 1. The molecule has 1 aliphatic heterocycles. The van der Waals surface area contributed by atoms with Gasteiger partial charge in [-0.15, -0.1) is 0 Å². The van der Waals surface area contributed by atoms with Gasteiger partial charge in [0.2, 0.25) is 0 Å². The molecule has 0 amide bonds. The maximum absolute atomic E-state index is 12.7. The Hall–Kier alpha value is -2.84. The van der Waals surface area contributed by atoms with E-state index in [9.17, 15) is 13.2 Å². The van der Waals surface area contributed by atoms with Crippen molar-refractivity contribution in [1.82, 2.24) is 19.6 Å². The van der Waals surface area contributed by atoms with Crippen molar-refractivity contribution >= 4 is 11.5 Å². The second-order valence-corrected chi connectivity index (χ2v) is 5.88. The van der Waals surface area contributed by atoms with E-state index in [4.69, 9.17) is 4.74 Å². The Bertz CT molecular complexity index is 918. The van der Waals surface area contributed by atoms with Crippen LogP contribution in [0, 0.1) is 6.92 Å². The summed E-state index contributed by atoms with van der Waals surface area (Å²) >= 11 is 0.